The molecule has 0 heterocycles. The first-order valence-corrected chi connectivity index (χ1v) is 7.38. The molecule has 0 bridgehead atoms. The van der Waals surface area contributed by atoms with E-state index in [4.69, 9.17) is 4.74 Å². The highest BCUT2D eigenvalue weighted by atomic mass is 16.6. The second-order valence-electron chi connectivity index (χ2n) is 6.85. The number of amides is 1. The number of hydrogen-bond donors (Lipinski definition) is 1. The van der Waals surface area contributed by atoms with Gasteiger partial charge in [0.1, 0.15) is 5.60 Å². The Kier molecular flexibility index (Phi) is 4.07. The fraction of sp³-hybridized carbons (Fsp3) is 0.588. The Morgan fingerprint density at radius 3 is 2.65 bits per heavy atom. The lowest BCUT2D eigenvalue weighted by Gasteiger charge is -2.22. The lowest BCUT2D eigenvalue weighted by molar-refractivity contribution is 0.0503. The van der Waals surface area contributed by atoms with Crippen molar-refractivity contribution in [1.82, 2.24) is 5.32 Å². The molecule has 1 aromatic carbocycles. The molecule has 0 aromatic heterocycles. The molecule has 1 aromatic rings. The third-order valence-electron chi connectivity index (χ3n) is 3.60. The van der Waals surface area contributed by atoms with E-state index in [2.05, 4.69) is 37.4 Å². The van der Waals surface area contributed by atoms with Gasteiger partial charge in [-0.05, 0) is 56.2 Å². The van der Waals surface area contributed by atoms with E-state index >= 15 is 0 Å². The summed E-state index contributed by atoms with van der Waals surface area (Å²) in [6.45, 7) is 10.0. The number of nitrogens with one attached hydrogen (secondary N) is 1. The van der Waals surface area contributed by atoms with E-state index in [-0.39, 0.29) is 12.1 Å². The molecular weight excluding hydrogens is 250 g/mol. The van der Waals surface area contributed by atoms with Gasteiger partial charge in [-0.25, -0.2) is 4.79 Å². The van der Waals surface area contributed by atoms with Crippen LogP contribution in [-0.2, 0) is 11.2 Å². The van der Waals surface area contributed by atoms with Crippen LogP contribution in [0.15, 0.2) is 18.2 Å². The van der Waals surface area contributed by atoms with E-state index in [1.807, 2.05) is 20.8 Å². The van der Waals surface area contributed by atoms with Crippen molar-refractivity contribution < 1.29 is 9.53 Å². The second-order valence-corrected chi connectivity index (χ2v) is 6.85. The van der Waals surface area contributed by atoms with Crippen LogP contribution in [0.5, 0.6) is 0 Å². The first-order chi connectivity index (χ1) is 9.26. The van der Waals surface area contributed by atoms with Crippen molar-refractivity contribution in [1.29, 1.82) is 0 Å². The summed E-state index contributed by atoms with van der Waals surface area (Å²) in [5.74, 6) is 0.540. The van der Waals surface area contributed by atoms with Gasteiger partial charge >= 0.3 is 6.09 Å². The van der Waals surface area contributed by atoms with Gasteiger partial charge in [0.15, 0.2) is 0 Å². The molecular formula is C17H25NO2. The molecule has 2 rings (SSSR count). The first kappa shape index (κ1) is 14.9. The molecule has 0 spiro atoms. The molecule has 0 fully saturated rings. The number of rotatable bonds is 2. The molecule has 1 N–H and O–H groups in total. The number of fused-ring (bicyclic) bond motifs is 1. The van der Waals surface area contributed by atoms with E-state index < -0.39 is 5.60 Å². The van der Waals surface area contributed by atoms with Crippen molar-refractivity contribution in [3.8, 4) is 0 Å². The molecule has 0 saturated carbocycles. The van der Waals surface area contributed by atoms with Crippen LogP contribution < -0.4 is 5.32 Å². The average Bonchev–Trinajstić information content (AvgIpc) is 2.69. The monoisotopic (exact) mass is 275 g/mol. The molecule has 110 valence electrons. The number of carbonyl (C=O) groups is 1. The summed E-state index contributed by atoms with van der Waals surface area (Å²) < 4.78 is 5.33. The van der Waals surface area contributed by atoms with Crippen LogP contribution in [0.25, 0.3) is 0 Å². The zero-order valence-corrected chi connectivity index (χ0v) is 13.1. The van der Waals surface area contributed by atoms with E-state index in [1.54, 1.807) is 0 Å². The third kappa shape index (κ3) is 3.53. The summed E-state index contributed by atoms with van der Waals surface area (Å²) in [4.78, 5) is 11.9. The van der Waals surface area contributed by atoms with Crippen molar-refractivity contribution in [3.63, 3.8) is 0 Å². The van der Waals surface area contributed by atoms with Gasteiger partial charge in [-0.1, -0.05) is 32.0 Å². The van der Waals surface area contributed by atoms with Crippen LogP contribution in [0, 0.1) is 0 Å². The standard InChI is InChI=1S/C17H25NO2/c1-11(2)12-6-8-14-13(10-12)7-9-15(14)18-16(19)20-17(3,4)5/h6,8,10-11,15H,7,9H2,1-5H3,(H,18,19). The fourth-order valence-corrected chi connectivity index (χ4v) is 2.60. The van der Waals surface area contributed by atoms with E-state index in [0.29, 0.717) is 5.92 Å². The third-order valence-corrected chi connectivity index (χ3v) is 3.60. The highest BCUT2D eigenvalue weighted by Crippen LogP contribution is 2.33. The predicted molar refractivity (Wildman–Crippen MR) is 81.0 cm³/mol. The number of ether oxygens (including phenoxy) is 1. The van der Waals surface area contributed by atoms with Gasteiger partial charge in [0.2, 0.25) is 0 Å². The van der Waals surface area contributed by atoms with E-state index in [1.165, 1.54) is 16.7 Å². The molecule has 1 amide bonds. The highest BCUT2D eigenvalue weighted by molar-refractivity contribution is 5.68. The van der Waals surface area contributed by atoms with Crippen LogP contribution in [0.4, 0.5) is 4.79 Å². The Bertz CT molecular complexity index is 500. The van der Waals surface area contributed by atoms with Crippen LogP contribution in [0.2, 0.25) is 0 Å². The summed E-state index contributed by atoms with van der Waals surface area (Å²) in [7, 11) is 0. The fourth-order valence-electron chi connectivity index (χ4n) is 2.60. The second kappa shape index (κ2) is 5.47. The largest absolute Gasteiger partial charge is 0.444 e. The minimum absolute atomic E-state index is 0.0843. The lowest BCUT2D eigenvalue weighted by atomic mass is 9.98. The van der Waals surface area contributed by atoms with Gasteiger partial charge < -0.3 is 10.1 Å². The van der Waals surface area contributed by atoms with Crippen molar-refractivity contribution in [2.24, 2.45) is 0 Å². The maximum atomic E-state index is 11.9. The van der Waals surface area contributed by atoms with Crippen molar-refractivity contribution in [2.45, 2.75) is 65.0 Å². The smallest absolute Gasteiger partial charge is 0.408 e. The minimum atomic E-state index is -0.451. The highest BCUT2D eigenvalue weighted by Gasteiger charge is 2.26. The van der Waals surface area contributed by atoms with Gasteiger partial charge in [-0.15, -0.1) is 0 Å². The number of hydrogen-bond acceptors (Lipinski definition) is 2. The SMILES string of the molecule is CC(C)c1ccc2c(c1)CCC2NC(=O)OC(C)(C)C. The van der Waals surface area contributed by atoms with Crippen LogP contribution >= 0.6 is 0 Å². The van der Waals surface area contributed by atoms with Gasteiger partial charge in [-0.3, -0.25) is 0 Å². The topological polar surface area (TPSA) is 38.3 Å². The quantitative estimate of drug-likeness (QED) is 0.872. The van der Waals surface area contributed by atoms with Gasteiger partial charge in [0.25, 0.3) is 0 Å². The molecule has 3 heteroatoms. The van der Waals surface area contributed by atoms with Gasteiger partial charge in [0, 0.05) is 0 Å². The molecule has 0 saturated heterocycles. The summed E-state index contributed by atoms with van der Waals surface area (Å²) in [5.41, 5.74) is 3.51. The molecule has 1 unspecified atom stereocenters. The molecule has 1 aliphatic rings. The normalized spacial score (nSPS) is 18.0. The molecule has 0 radical (unpaired) electrons. The van der Waals surface area contributed by atoms with Crippen LogP contribution in [0.1, 0.15) is 69.7 Å². The predicted octanol–water partition coefficient (Wildman–Crippen LogP) is 4.32. The minimum Gasteiger partial charge on any atom is -0.444 e. The lowest BCUT2D eigenvalue weighted by Crippen LogP contribution is -2.34. The summed E-state index contributed by atoms with van der Waals surface area (Å²) in [6.07, 6.45) is 1.65. The Balaban J connectivity index is 2.07. The molecule has 1 atom stereocenters. The zero-order valence-electron chi connectivity index (χ0n) is 13.1. The Morgan fingerprint density at radius 1 is 1.35 bits per heavy atom. The average molecular weight is 275 g/mol. The molecule has 20 heavy (non-hydrogen) atoms. The summed E-state index contributed by atoms with van der Waals surface area (Å²) >= 11 is 0. The van der Waals surface area contributed by atoms with Gasteiger partial charge in [-0.2, -0.15) is 0 Å². The van der Waals surface area contributed by atoms with Crippen molar-refractivity contribution in [3.05, 3.63) is 34.9 Å². The summed E-state index contributed by atoms with van der Waals surface area (Å²) in [5, 5.41) is 2.98. The number of carbonyl (C=O) groups excluding carboxylic acids is 1. The molecule has 1 aliphatic carbocycles. The zero-order chi connectivity index (χ0) is 14.9. The number of aryl methyl sites for hydroxylation is 1. The van der Waals surface area contributed by atoms with E-state index in [0.717, 1.165) is 12.8 Å². The Hall–Kier alpha value is -1.51. The number of alkyl carbamates (subject to hydrolysis) is 1. The Morgan fingerprint density at radius 2 is 2.05 bits per heavy atom. The Labute approximate surface area is 121 Å². The number of benzene rings is 1. The maximum Gasteiger partial charge on any atom is 0.408 e. The maximum absolute atomic E-state index is 11.9. The summed E-state index contributed by atoms with van der Waals surface area (Å²) in [6, 6.07) is 6.68. The van der Waals surface area contributed by atoms with Crippen molar-refractivity contribution in [2.75, 3.05) is 0 Å². The molecule has 3 nitrogen and oxygen atoms in total. The van der Waals surface area contributed by atoms with Crippen LogP contribution in [-0.4, -0.2) is 11.7 Å². The van der Waals surface area contributed by atoms with Crippen molar-refractivity contribution >= 4 is 6.09 Å². The first-order valence-electron chi connectivity index (χ1n) is 7.38. The van der Waals surface area contributed by atoms with E-state index in [9.17, 15) is 4.79 Å². The molecule has 0 aliphatic heterocycles. The van der Waals surface area contributed by atoms with Gasteiger partial charge in [0.05, 0.1) is 6.04 Å². The van der Waals surface area contributed by atoms with Crippen LogP contribution in [0.3, 0.4) is 0 Å².